The summed E-state index contributed by atoms with van der Waals surface area (Å²) in [5.74, 6) is 0.937. The minimum atomic E-state index is -0.125. The average molecular weight is 393 g/mol. The summed E-state index contributed by atoms with van der Waals surface area (Å²) in [6, 6.07) is 7.06. The molecule has 0 bridgehead atoms. The van der Waals surface area contributed by atoms with E-state index in [1.165, 1.54) is 12.5 Å². The van der Waals surface area contributed by atoms with Crippen LogP contribution in [0.2, 0.25) is 0 Å². The highest BCUT2D eigenvalue weighted by molar-refractivity contribution is 5.95. The molecule has 1 aromatic carbocycles. The molecule has 1 fully saturated rings. The molecule has 1 saturated heterocycles. The summed E-state index contributed by atoms with van der Waals surface area (Å²) in [5, 5.41) is 2.72. The minimum absolute atomic E-state index is 0.0173. The number of aromatic nitrogens is 2. The molecule has 0 spiro atoms. The number of carbonyl (C=O) groups is 2. The largest absolute Gasteiger partial charge is 0.338 e. The zero-order valence-electron chi connectivity index (χ0n) is 17.0. The van der Waals surface area contributed by atoms with Gasteiger partial charge in [-0.15, -0.1) is 0 Å². The van der Waals surface area contributed by atoms with Crippen LogP contribution in [-0.2, 0) is 17.8 Å². The highest BCUT2D eigenvalue weighted by Gasteiger charge is 2.28. The highest BCUT2D eigenvalue weighted by atomic mass is 16.2. The molecular formula is C22H27N5O2. The molecule has 2 aromatic rings. The van der Waals surface area contributed by atoms with Gasteiger partial charge in [-0.2, -0.15) is 0 Å². The Kier molecular flexibility index (Phi) is 5.58. The molecule has 2 aliphatic rings. The van der Waals surface area contributed by atoms with Gasteiger partial charge in [0.2, 0.25) is 5.91 Å². The molecule has 7 nitrogen and oxygen atoms in total. The van der Waals surface area contributed by atoms with Crippen molar-refractivity contribution in [2.75, 3.05) is 32.0 Å². The second-order valence-electron chi connectivity index (χ2n) is 8.04. The van der Waals surface area contributed by atoms with Gasteiger partial charge < -0.3 is 15.1 Å². The number of hydrogen-bond acceptors (Lipinski definition) is 5. The number of rotatable bonds is 3. The van der Waals surface area contributed by atoms with E-state index in [-0.39, 0.29) is 17.7 Å². The van der Waals surface area contributed by atoms with E-state index in [1.54, 1.807) is 24.3 Å². The number of likely N-dealkylation sites (tertiary alicyclic amines) is 1. The van der Waals surface area contributed by atoms with Crippen molar-refractivity contribution in [3.05, 3.63) is 53.1 Å². The summed E-state index contributed by atoms with van der Waals surface area (Å²) in [6.45, 7) is 4.78. The quantitative estimate of drug-likeness (QED) is 0.867. The van der Waals surface area contributed by atoms with Crippen molar-refractivity contribution < 1.29 is 9.59 Å². The lowest BCUT2D eigenvalue weighted by molar-refractivity contribution is -0.114. The van der Waals surface area contributed by atoms with Gasteiger partial charge in [-0.1, -0.05) is 0 Å². The van der Waals surface area contributed by atoms with Crippen LogP contribution in [0.3, 0.4) is 0 Å². The maximum Gasteiger partial charge on any atom is 0.253 e. The zero-order valence-corrected chi connectivity index (χ0v) is 17.0. The molecule has 0 aliphatic carbocycles. The third kappa shape index (κ3) is 4.45. The topological polar surface area (TPSA) is 78.4 Å². The fraction of sp³-hybridized carbons (Fsp3) is 0.455. The molecule has 29 heavy (non-hydrogen) atoms. The Morgan fingerprint density at radius 3 is 2.72 bits per heavy atom. The Hall–Kier alpha value is -2.80. The number of benzene rings is 1. The maximum absolute atomic E-state index is 13.0. The average Bonchev–Trinajstić information content (AvgIpc) is 2.73. The van der Waals surface area contributed by atoms with Gasteiger partial charge in [-0.3, -0.25) is 9.59 Å². The Morgan fingerprint density at radius 2 is 1.97 bits per heavy atom. The van der Waals surface area contributed by atoms with Gasteiger partial charge in [-0.05, 0) is 44.2 Å². The molecule has 4 rings (SSSR count). The fourth-order valence-corrected chi connectivity index (χ4v) is 4.12. The van der Waals surface area contributed by atoms with Gasteiger partial charge in [-0.25, -0.2) is 9.97 Å². The first-order valence-electron chi connectivity index (χ1n) is 10.2. The first-order valence-corrected chi connectivity index (χ1v) is 10.2. The number of nitrogens with one attached hydrogen (secondary N) is 1. The van der Waals surface area contributed by atoms with Crippen molar-refractivity contribution in [3.63, 3.8) is 0 Å². The van der Waals surface area contributed by atoms with Gasteiger partial charge in [0.15, 0.2) is 0 Å². The van der Waals surface area contributed by atoms with Crippen LogP contribution in [0.1, 0.15) is 53.1 Å². The van der Waals surface area contributed by atoms with E-state index in [9.17, 15) is 9.59 Å². The normalized spacial score (nSPS) is 19.5. The number of anilines is 1. The Bertz CT molecular complexity index is 912. The molecule has 1 aromatic heterocycles. The lowest BCUT2D eigenvalue weighted by atomic mass is 9.95. The summed E-state index contributed by atoms with van der Waals surface area (Å²) in [6.07, 6.45) is 4.87. The van der Waals surface area contributed by atoms with Crippen LogP contribution in [-0.4, -0.2) is 58.3 Å². The number of piperidine rings is 1. The maximum atomic E-state index is 13.0. The van der Waals surface area contributed by atoms with Crippen molar-refractivity contribution in [2.24, 2.45) is 0 Å². The zero-order chi connectivity index (χ0) is 20.4. The summed E-state index contributed by atoms with van der Waals surface area (Å²) < 4.78 is 0. The van der Waals surface area contributed by atoms with E-state index in [1.807, 2.05) is 11.1 Å². The SMILES string of the molecule is CC(=O)Nc1ccc(C(=O)N2CCC[C@H](c3ncc4c(n3)CCN(C)C4)C2)cc1. The molecular weight excluding hydrogens is 366 g/mol. The summed E-state index contributed by atoms with van der Waals surface area (Å²) in [5.41, 5.74) is 3.70. The number of likely N-dealkylation sites (N-methyl/N-ethyl adjacent to an activating group) is 1. The van der Waals surface area contributed by atoms with Crippen LogP contribution in [0.5, 0.6) is 0 Å². The van der Waals surface area contributed by atoms with Crippen LogP contribution in [0.15, 0.2) is 30.5 Å². The van der Waals surface area contributed by atoms with E-state index < -0.39 is 0 Å². The van der Waals surface area contributed by atoms with Crippen LogP contribution >= 0.6 is 0 Å². The van der Waals surface area contributed by atoms with Crippen molar-refractivity contribution in [3.8, 4) is 0 Å². The second-order valence-corrected chi connectivity index (χ2v) is 8.04. The summed E-state index contributed by atoms with van der Waals surface area (Å²) >= 11 is 0. The molecule has 0 unspecified atom stereocenters. The Balaban J connectivity index is 1.45. The summed E-state index contributed by atoms with van der Waals surface area (Å²) in [4.78, 5) is 37.8. The number of nitrogens with zero attached hydrogens (tertiary/aromatic N) is 4. The van der Waals surface area contributed by atoms with Crippen LogP contribution in [0, 0.1) is 0 Å². The highest BCUT2D eigenvalue weighted by Crippen LogP contribution is 2.27. The lowest BCUT2D eigenvalue weighted by Crippen LogP contribution is -2.39. The van der Waals surface area contributed by atoms with Gasteiger partial charge in [0.05, 0.1) is 0 Å². The Morgan fingerprint density at radius 1 is 1.17 bits per heavy atom. The molecule has 1 N–H and O–H groups in total. The predicted molar refractivity (Wildman–Crippen MR) is 111 cm³/mol. The van der Waals surface area contributed by atoms with Crippen LogP contribution in [0.4, 0.5) is 5.69 Å². The number of amides is 2. The molecule has 152 valence electrons. The van der Waals surface area contributed by atoms with Crippen molar-refractivity contribution >= 4 is 17.5 Å². The van der Waals surface area contributed by atoms with E-state index in [0.29, 0.717) is 17.8 Å². The lowest BCUT2D eigenvalue weighted by Gasteiger charge is -2.33. The number of carbonyl (C=O) groups excluding carboxylic acids is 2. The van der Waals surface area contributed by atoms with E-state index in [4.69, 9.17) is 4.98 Å². The minimum Gasteiger partial charge on any atom is -0.338 e. The second kappa shape index (κ2) is 8.29. The fourth-order valence-electron chi connectivity index (χ4n) is 4.12. The first kappa shape index (κ1) is 19.5. The van der Waals surface area contributed by atoms with E-state index >= 15 is 0 Å². The molecule has 0 radical (unpaired) electrons. The van der Waals surface area contributed by atoms with Gasteiger partial charge in [0.1, 0.15) is 5.82 Å². The third-order valence-electron chi connectivity index (χ3n) is 5.67. The Labute approximate surface area is 171 Å². The molecule has 0 saturated carbocycles. The van der Waals surface area contributed by atoms with Gasteiger partial charge >= 0.3 is 0 Å². The molecule has 1 atom stereocenters. The molecule has 2 aliphatic heterocycles. The monoisotopic (exact) mass is 393 g/mol. The molecule has 3 heterocycles. The predicted octanol–water partition coefficient (Wildman–Crippen LogP) is 2.44. The van der Waals surface area contributed by atoms with Crippen molar-refractivity contribution in [1.29, 1.82) is 0 Å². The van der Waals surface area contributed by atoms with Gasteiger partial charge in [0.25, 0.3) is 5.91 Å². The standard InChI is InChI=1S/C22H27N5O2/c1-15(28)24-19-7-5-16(6-8-19)22(29)27-10-3-4-17(14-27)21-23-12-18-13-26(2)11-9-20(18)25-21/h5-8,12,17H,3-4,9-11,13-14H2,1-2H3,(H,24,28)/t17-/m0/s1. The van der Waals surface area contributed by atoms with Crippen LogP contribution in [0.25, 0.3) is 0 Å². The number of hydrogen-bond donors (Lipinski definition) is 1. The van der Waals surface area contributed by atoms with Crippen molar-refractivity contribution in [2.45, 2.75) is 38.6 Å². The third-order valence-corrected chi connectivity index (χ3v) is 5.67. The number of fused-ring (bicyclic) bond motifs is 1. The first-order chi connectivity index (χ1) is 14.0. The van der Waals surface area contributed by atoms with E-state index in [2.05, 4.69) is 22.2 Å². The van der Waals surface area contributed by atoms with Gasteiger partial charge in [0, 0.05) is 74.1 Å². The smallest absolute Gasteiger partial charge is 0.253 e. The van der Waals surface area contributed by atoms with Crippen LogP contribution < -0.4 is 5.32 Å². The molecule has 2 amide bonds. The van der Waals surface area contributed by atoms with E-state index in [0.717, 1.165) is 50.4 Å². The van der Waals surface area contributed by atoms with Crippen molar-refractivity contribution in [1.82, 2.24) is 19.8 Å². The molecule has 7 heteroatoms. The summed E-state index contributed by atoms with van der Waals surface area (Å²) in [7, 11) is 2.12.